The third-order valence-corrected chi connectivity index (χ3v) is 6.76. The van der Waals surface area contributed by atoms with E-state index in [2.05, 4.69) is 22.5 Å². The second-order valence-corrected chi connectivity index (χ2v) is 9.03. The highest BCUT2D eigenvalue weighted by molar-refractivity contribution is 7.16. The van der Waals surface area contributed by atoms with E-state index in [4.69, 9.17) is 13.9 Å². The molecular formula is C26H27N3O4S. The largest absolute Gasteiger partial charge is 0.497 e. The van der Waals surface area contributed by atoms with Crippen LogP contribution in [0.25, 0.3) is 0 Å². The molecule has 0 bridgehead atoms. The lowest BCUT2D eigenvalue weighted by atomic mass is 9.95. The van der Waals surface area contributed by atoms with Gasteiger partial charge in [-0.15, -0.1) is 11.3 Å². The summed E-state index contributed by atoms with van der Waals surface area (Å²) in [5.74, 6) is 2.02. The quantitative estimate of drug-likeness (QED) is 0.317. The Morgan fingerprint density at radius 3 is 2.56 bits per heavy atom. The monoisotopic (exact) mass is 477 g/mol. The number of benzene rings is 1. The van der Waals surface area contributed by atoms with E-state index in [0.29, 0.717) is 11.5 Å². The highest BCUT2D eigenvalue weighted by Gasteiger charge is 2.28. The highest BCUT2D eigenvalue weighted by atomic mass is 32.1. The lowest BCUT2D eigenvalue weighted by molar-refractivity contribution is 0.0997. The molecule has 34 heavy (non-hydrogen) atoms. The van der Waals surface area contributed by atoms with Crippen LogP contribution in [0.5, 0.6) is 11.5 Å². The molecule has 176 valence electrons. The number of carbonyl (C=O) groups excluding carboxylic acids is 1. The average Bonchev–Trinajstić information content (AvgIpc) is 3.46. The molecule has 1 unspecified atom stereocenters. The summed E-state index contributed by atoms with van der Waals surface area (Å²) in [6.45, 7) is 6.04. The number of methoxy groups -OCH3 is 2. The first-order chi connectivity index (χ1) is 16.4. The van der Waals surface area contributed by atoms with Crippen molar-refractivity contribution >= 4 is 28.1 Å². The number of ether oxygens (including phenoxy) is 2. The van der Waals surface area contributed by atoms with Gasteiger partial charge in [0.2, 0.25) is 0 Å². The van der Waals surface area contributed by atoms with Gasteiger partial charge in [-0.3, -0.25) is 4.79 Å². The zero-order chi connectivity index (χ0) is 24.2. The number of nitrogens with one attached hydrogen (secondary N) is 2. The van der Waals surface area contributed by atoms with Crippen LogP contribution < -0.4 is 20.1 Å². The third-order valence-electron chi connectivity index (χ3n) is 5.62. The topological polar surface area (TPSA) is 85.6 Å². The smallest absolute Gasteiger partial charge is 0.291 e. The van der Waals surface area contributed by atoms with E-state index < -0.39 is 0 Å². The van der Waals surface area contributed by atoms with Crippen LogP contribution in [0.1, 0.15) is 43.9 Å². The second-order valence-electron chi connectivity index (χ2n) is 7.81. The van der Waals surface area contributed by atoms with E-state index in [1.807, 2.05) is 50.2 Å². The molecule has 3 aromatic heterocycles. The SMILES string of the molecule is COc1ccc(C(Nc2cccc(C)n2)c2c(NC(=O)c3ccco3)sc(C)c2C)c(OC)c1. The molecule has 0 fully saturated rings. The molecule has 1 atom stereocenters. The molecule has 0 saturated heterocycles. The van der Waals surface area contributed by atoms with Gasteiger partial charge in [-0.25, -0.2) is 4.98 Å². The number of hydrogen-bond acceptors (Lipinski definition) is 7. The lowest BCUT2D eigenvalue weighted by Gasteiger charge is -2.24. The van der Waals surface area contributed by atoms with E-state index >= 15 is 0 Å². The number of carbonyl (C=O) groups is 1. The molecule has 8 heteroatoms. The summed E-state index contributed by atoms with van der Waals surface area (Å²) in [4.78, 5) is 18.6. The van der Waals surface area contributed by atoms with Crippen molar-refractivity contribution in [3.8, 4) is 11.5 Å². The normalized spacial score (nSPS) is 11.7. The van der Waals surface area contributed by atoms with Crippen LogP contribution in [0.15, 0.2) is 59.2 Å². The zero-order valence-electron chi connectivity index (χ0n) is 19.8. The fourth-order valence-electron chi connectivity index (χ4n) is 3.79. The Kier molecular flexibility index (Phi) is 6.88. The Morgan fingerprint density at radius 2 is 1.88 bits per heavy atom. The van der Waals surface area contributed by atoms with Crippen molar-refractivity contribution < 1.29 is 18.7 Å². The van der Waals surface area contributed by atoms with Gasteiger partial charge in [-0.2, -0.15) is 0 Å². The Morgan fingerprint density at radius 1 is 1.06 bits per heavy atom. The minimum Gasteiger partial charge on any atom is -0.497 e. The van der Waals surface area contributed by atoms with Crippen LogP contribution in [-0.4, -0.2) is 25.1 Å². The van der Waals surface area contributed by atoms with E-state index in [9.17, 15) is 4.79 Å². The van der Waals surface area contributed by atoms with Crippen molar-refractivity contribution in [3.63, 3.8) is 0 Å². The van der Waals surface area contributed by atoms with E-state index in [1.54, 1.807) is 26.4 Å². The summed E-state index contributed by atoms with van der Waals surface area (Å²) in [6, 6.07) is 14.5. The molecule has 0 aliphatic heterocycles. The van der Waals surface area contributed by atoms with Gasteiger partial charge in [-0.05, 0) is 62.7 Å². The number of pyridine rings is 1. The molecule has 7 nitrogen and oxygen atoms in total. The Balaban J connectivity index is 1.85. The van der Waals surface area contributed by atoms with Gasteiger partial charge in [-0.1, -0.05) is 6.07 Å². The summed E-state index contributed by atoms with van der Waals surface area (Å²) in [7, 11) is 3.25. The summed E-state index contributed by atoms with van der Waals surface area (Å²) in [5, 5.41) is 7.34. The first-order valence-corrected chi connectivity index (χ1v) is 11.6. The molecule has 2 N–H and O–H groups in total. The fourth-order valence-corrected chi connectivity index (χ4v) is 4.89. The number of aryl methyl sites for hydroxylation is 2. The van der Waals surface area contributed by atoms with Gasteiger partial charge >= 0.3 is 0 Å². The predicted octanol–water partition coefficient (Wildman–Crippen LogP) is 6.13. The second kappa shape index (κ2) is 10.0. The molecule has 0 aliphatic carbocycles. The number of amides is 1. The maximum absolute atomic E-state index is 12.8. The van der Waals surface area contributed by atoms with Gasteiger partial charge in [0, 0.05) is 27.8 Å². The summed E-state index contributed by atoms with van der Waals surface area (Å²) < 4.78 is 16.4. The maximum Gasteiger partial charge on any atom is 0.291 e. The lowest BCUT2D eigenvalue weighted by Crippen LogP contribution is -2.18. The van der Waals surface area contributed by atoms with E-state index in [-0.39, 0.29) is 17.7 Å². The molecule has 1 amide bonds. The maximum atomic E-state index is 12.8. The molecule has 1 aromatic carbocycles. The molecule has 4 aromatic rings. The van der Waals surface area contributed by atoms with Crippen molar-refractivity contribution in [3.05, 3.63) is 87.8 Å². The summed E-state index contributed by atoms with van der Waals surface area (Å²) >= 11 is 1.52. The fraction of sp³-hybridized carbons (Fsp3) is 0.231. The number of rotatable bonds is 8. The van der Waals surface area contributed by atoms with Crippen LogP contribution >= 0.6 is 11.3 Å². The van der Waals surface area contributed by atoms with Crippen LogP contribution in [0.2, 0.25) is 0 Å². The van der Waals surface area contributed by atoms with Crippen LogP contribution in [0.3, 0.4) is 0 Å². The van der Waals surface area contributed by atoms with Gasteiger partial charge < -0.3 is 24.5 Å². The van der Waals surface area contributed by atoms with Crippen molar-refractivity contribution in [2.45, 2.75) is 26.8 Å². The number of aromatic nitrogens is 1. The average molecular weight is 478 g/mol. The molecule has 0 spiro atoms. The van der Waals surface area contributed by atoms with Crippen molar-refractivity contribution in [1.82, 2.24) is 4.98 Å². The van der Waals surface area contributed by atoms with Gasteiger partial charge in [0.1, 0.15) is 22.3 Å². The van der Waals surface area contributed by atoms with Crippen LogP contribution in [0.4, 0.5) is 10.8 Å². The minimum atomic E-state index is -0.355. The highest BCUT2D eigenvalue weighted by Crippen LogP contribution is 2.44. The zero-order valence-corrected chi connectivity index (χ0v) is 20.6. The number of thiophene rings is 1. The summed E-state index contributed by atoms with van der Waals surface area (Å²) in [6.07, 6.45) is 1.48. The number of hydrogen-bond donors (Lipinski definition) is 2. The molecule has 0 radical (unpaired) electrons. The van der Waals surface area contributed by atoms with Gasteiger partial charge in [0.15, 0.2) is 5.76 Å². The predicted molar refractivity (Wildman–Crippen MR) is 134 cm³/mol. The molecule has 3 heterocycles. The number of nitrogens with zero attached hydrogens (tertiary/aromatic N) is 1. The first kappa shape index (κ1) is 23.4. The molecule has 0 saturated carbocycles. The number of anilines is 2. The molecule has 0 aliphatic rings. The van der Waals surface area contributed by atoms with E-state index in [0.717, 1.165) is 38.1 Å². The van der Waals surface area contributed by atoms with E-state index in [1.165, 1.54) is 17.6 Å². The van der Waals surface area contributed by atoms with Crippen molar-refractivity contribution in [2.75, 3.05) is 24.9 Å². The van der Waals surface area contributed by atoms with Gasteiger partial charge in [0.25, 0.3) is 5.91 Å². The minimum absolute atomic E-state index is 0.251. The molecular weight excluding hydrogens is 450 g/mol. The number of furan rings is 1. The first-order valence-electron chi connectivity index (χ1n) is 10.8. The molecule has 4 rings (SSSR count). The standard InChI is InChI=1S/C26H27N3O4S/c1-15-8-6-10-22(27-15)28-24(19-12-11-18(31-4)14-21(19)32-5)23-16(2)17(3)34-26(23)29-25(30)20-9-7-13-33-20/h6-14,24H,1-5H3,(H,27,28)(H,29,30). The van der Waals surface area contributed by atoms with Crippen molar-refractivity contribution in [2.24, 2.45) is 0 Å². The Labute approximate surface area is 202 Å². The summed E-state index contributed by atoms with van der Waals surface area (Å²) in [5.41, 5.74) is 3.80. The third kappa shape index (κ3) is 4.77. The van der Waals surface area contributed by atoms with Crippen LogP contribution in [-0.2, 0) is 0 Å². The Hall–Kier alpha value is -3.78. The van der Waals surface area contributed by atoms with Crippen LogP contribution in [0, 0.1) is 20.8 Å². The van der Waals surface area contributed by atoms with Crippen molar-refractivity contribution in [1.29, 1.82) is 0 Å². The van der Waals surface area contributed by atoms with Gasteiger partial charge in [0.05, 0.1) is 26.5 Å². The Bertz CT molecular complexity index is 1300.